The third-order valence-corrected chi connectivity index (χ3v) is 6.91. The van der Waals surface area contributed by atoms with Gasteiger partial charge in [0.2, 0.25) is 5.91 Å². The smallest absolute Gasteiger partial charge is 0.341 e. The largest absolute Gasteiger partial charge is 0.481 e. The van der Waals surface area contributed by atoms with Gasteiger partial charge in [-0.3, -0.25) is 9.59 Å². The number of nitrogens with one attached hydrogen (secondary N) is 1. The van der Waals surface area contributed by atoms with Crippen LogP contribution in [0.5, 0.6) is 0 Å². The lowest BCUT2D eigenvalue weighted by molar-refractivity contribution is -0.148. The van der Waals surface area contributed by atoms with Gasteiger partial charge in [-0.2, -0.15) is 0 Å². The van der Waals surface area contributed by atoms with Crippen LogP contribution in [-0.4, -0.2) is 29.6 Å². The van der Waals surface area contributed by atoms with Gasteiger partial charge in [0.1, 0.15) is 5.00 Å². The molecule has 26 heavy (non-hydrogen) atoms. The van der Waals surface area contributed by atoms with Crippen molar-refractivity contribution in [2.45, 2.75) is 46.0 Å². The van der Waals surface area contributed by atoms with E-state index in [0.717, 1.165) is 24.1 Å². The maximum Gasteiger partial charge on any atom is 0.341 e. The van der Waals surface area contributed by atoms with Gasteiger partial charge in [0.15, 0.2) is 0 Å². The Bertz CT molecular complexity index is 726. The minimum atomic E-state index is -0.892. The second-order valence-electron chi connectivity index (χ2n) is 7.48. The van der Waals surface area contributed by atoms with Crippen molar-refractivity contribution >= 4 is 34.2 Å². The fraction of sp³-hybridized carbons (Fsp3) is 0.632. The van der Waals surface area contributed by atoms with Gasteiger partial charge in [-0.15, -0.1) is 11.3 Å². The van der Waals surface area contributed by atoms with Gasteiger partial charge in [0.05, 0.1) is 24.0 Å². The van der Waals surface area contributed by atoms with Crippen LogP contribution in [0.25, 0.3) is 0 Å². The van der Waals surface area contributed by atoms with Crippen molar-refractivity contribution in [2.24, 2.45) is 23.7 Å². The van der Waals surface area contributed by atoms with E-state index < -0.39 is 23.8 Å². The van der Waals surface area contributed by atoms with Crippen molar-refractivity contribution in [2.75, 3.05) is 11.9 Å². The van der Waals surface area contributed by atoms with Crippen molar-refractivity contribution in [1.82, 2.24) is 0 Å². The molecular formula is C19H25NO5S. The monoisotopic (exact) mass is 379 g/mol. The van der Waals surface area contributed by atoms with Gasteiger partial charge in [-0.1, -0.05) is 13.8 Å². The van der Waals surface area contributed by atoms with E-state index in [1.54, 1.807) is 13.0 Å². The predicted molar refractivity (Wildman–Crippen MR) is 98.4 cm³/mol. The number of aliphatic carboxylic acids is 1. The minimum absolute atomic E-state index is 0.0901. The van der Waals surface area contributed by atoms with E-state index in [4.69, 9.17) is 4.74 Å². The maximum atomic E-state index is 12.9. The molecule has 0 aromatic carbocycles. The van der Waals surface area contributed by atoms with Crippen LogP contribution in [0.15, 0.2) is 6.07 Å². The number of ether oxygens (including phenoxy) is 1. The summed E-state index contributed by atoms with van der Waals surface area (Å²) >= 11 is 1.36. The van der Waals surface area contributed by atoms with E-state index in [1.165, 1.54) is 11.3 Å². The van der Waals surface area contributed by atoms with E-state index in [0.29, 0.717) is 10.6 Å². The van der Waals surface area contributed by atoms with Crippen LogP contribution in [-0.2, 0) is 14.3 Å². The first-order chi connectivity index (χ1) is 12.3. The highest BCUT2D eigenvalue weighted by atomic mass is 32.1. The van der Waals surface area contributed by atoms with Gasteiger partial charge in [-0.25, -0.2) is 4.79 Å². The molecule has 4 unspecified atom stereocenters. The number of amides is 1. The minimum Gasteiger partial charge on any atom is -0.481 e. The molecule has 2 N–H and O–H groups in total. The summed E-state index contributed by atoms with van der Waals surface area (Å²) < 4.78 is 5.10. The lowest BCUT2D eigenvalue weighted by atomic mass is 9.79. The molecule has 2 aliphatic rings. The maximum absolute atomic E-state index is 12.9. The van der Waals surface area contributed by atoms with Gasteiger partial charge >= 0.3 is 11.9 Å². The number of hydrogen-bond donors (Lipinski definition) is 2. The first kappa shape index (κ1) is 18.9. The number of carboxylic acids is 1. The van der Waals surface area contributed by atoms with Crippen LogP contribution in [0.3, 0.4) is 0 Å². The summed E-state index contributed by atoms with van der Waals surface area (Å²) in [6.45, 7) is 6.02. The molecule has 1 aromatic rings. The van der Waals surface area contributed by atoms with Crippen LogP contribution in [0.1, 0.15) is 61.2 Å². The average Bonchev–Trinajstić information content (AvgIpc) is 3.28. The highest BCUT2D eigenvalue weighted by Gasteiger charge is 2.54. The molecule has 142 valence electrons. The number of esters is 1. The third-order valence-electron chi connectivity index (χ3n) is 5.56. The number of fused-ring (bicyclic) bond motifs is 2. The fourth-order valence-electron chi connectivity index (χ4n) is 4.37. The molecule has 0 aliphatic heterocycles. The van der Waals surface area contributed by atoms with E-state index >= 15 is 0 Å². The van der Waals surface area contributed by atoms with E-state index in [-0.39, 0.29) is 30.3 Å². The zero-order chi connectivity index (χ0) is 19.0. The molecule has 2 saturated carbocycles. The lowest BCUT2D eigenvalue weighted by Crippen LogP contribution is -2.37. The zero-order valence-electron chi connectivity index (χ0n) is 15.3. The molecule has 2 fully saturated rings. The molecule has 6 nitrogen and oxygen atoms in total. The predicted octanol–water partition coefficient (Wildman–Crippen LogP) is 3.73. The van der Waals surface area contributed by atoms with Crippen LogP contribution >= 0.6 is 11.3 Å². The lowest BCUT2D eigenvalue weighted by Gasteiger charge is -2.26. The number of thiophene rings is 1. The molecule has 1 heterocycles. The van der Waals surface area contributed by atoms with Crippen molar-refractivity contribution in [3.05, 3.63) is 16.5 Å². The molecule has 0 spiro atoms. The summed E-state index contributed by atoms with van der Waals surface area (Å²) in [5, 5.41) is 12.9. The molecule has 7 heteroatoms. The number of anilines is 1. The number of carboxylic acid groups (broad SMARTS) is 1. The Hall–Kier alpha value is -1.89. The van der Waals surface area contributed by atoms with E-state index in [9.17, 15) is 19.5 Å². The van der Waals surface area contributed by atoms with Gasteiger partial charge in [-0.05, 0) is 50.0 Å². The first-order valence-electron chi connectivity index (χ1n) is 9.18. The topological polar surface area (TPSA) is 92.7 Å². The molecule has 2 bridgehead atoms. The van der Waals surface area contributed by atoms with Crippen molar-refractivity contribution in [3.63, 3.8) is 0 Å². The molecule has 1 amide bonds. The number of hydrogen-bond acceptors (Lipinski definition) is 5. The Balaban J connectivity index is 1.84. The Kier molecular flexibility index (Phi) is 5.37. The van der Waals surface area contributed by atoms with Gasteiger partial charge < -0.3 is 15.2 Å². The summed E-state index contributed by atoms with van der Waals surface area (Å²) in [5.41, 5.74) is 0.351. The third kappa shape index (κ3) is 3.37. The quantitative estimate of drug-likeness (QED) is 0.735. The van der Waals surface area contributed by atoms with Gasteiger partial charge in [0.25, 0.3) is 0 Å². The summed E-state index contributed by atoms with van der Waals surface area (Å²) in [6, 6.07) is 1.76. The van der Waals surface area contributed by atoms with Crippen LogP contribution < -0.4 is 5.32 Å². The molecular weight excluding hydrogens is 354 g/mol. The van der Waals surface area contributed by atoms with E-state index in [1.807, 2.05) is 13.8 Å². The molecule has 0 radical (unpaired) electrons. The Morgan fingerprint density at radius 2 is 1.92 bits per heavy atom. The SMILES string of the molecule is CCOC(=O)c1cc(C(C)C)sc1NC(=O)C1C2CCC(C2)C1C(=O)O. The summed E-state index contributed by atoms with van der Waals surface area (Å²) in [4.78, 5) is 37.8. The first-order valence-corrected chi connectivity index (χ1v) is 9.99. The Morgan fingerprint density at radius 3 is 2.50 bits per heavy atom. The molecule has 2 aliphatic carbocycles. The molecule has 4 atom stereocenters. The molecule has 0 saturated heterocycles. The standard InChI is InChI=1S/C19H25NO5S/c1-4-25-19(24)12-8-13(9(2)3)26-17(12)20-16(21)14-10-5-6-11(7-10)15(14)18(22)23/h8-11,14-15H,4-7H2,1-3H3,(H,20,21)(H,22,23). The van der Waals surface area contributed by atoms with Crippen LogP contribution in [0, 0.1) is 23.7 Å². The molecule has 3 rings (SSSR count). The van der Waals surface area contributed by atoms with E-state index in [2.05, 4.69) is 5.32 Å². The molecule has 1 aromatic heterocycles. The van der Waals surface area contributed by atoms with Crippen molar-refractivity contribution < 1.29 is 24.2 Å². The van der Waals surface area contributed by atoms with Crippen molar-refractivity contribution in [1.29, 1.82) is 0 Å². The average molecular weight is 379 g/mol. The van der Waals surface area contributed by atoms with Crippen LogP contribution in [0.2, 0.25) is 0 Å². The van der Waals surface area contributed by atoms with Gasteiger partial charge in [0, 0.05) is 4.88 Å². The Labute approximate surface area is 156 Å². The normalized spacial score (nSPS) is 26.9. The zero-order valence-corrected chi connectivity index (χ0v) is 16.1. The fourth-order valence-corrected chi connectivity index (χ4v) is 5.42. The van der Waals surface area contributed by atoms with Crippen LogP contribution in [0.4, 0.5) is 5.00 Å². The number of carbonyl (C=O) groups excluding carboxylic acids is 2. The summed E-state index contributed by atoms with van der Waals surface area (Å²) in [5.74, 6) is -2.36. The highest BCUT2D eigenvalue weighted by Crippen LogP contribution is 2.52. The number of rotatable bonds is 6. The summed E-state index contributed by atoms with van der Waals surface area (Å²) in [6.07, 6.45) is 2.59. The second kappa shape index (κ2) is 7.39. The summed E-state index contributed by atoms with van der Waals surface area (Å²) in [7, 11) is 0. The van der Waals surface area contributed by atoms with Crippen molar-refractivity contribution in [3.8, 4) is 0 Å². The highest BCUT2D eigenvalue weighted by molar-refractivity contribution is 7.16. The Morgan fingerprint density at radius 1 is 1.27 bits per heavy atom. The second-order valence-corrected chi connectivity index (χ2v) is 8.56. The number of carbonyl (C=O) groups is 3.